The number of para-hydroxylation sites is 2. The Morgan fingerprint density at radius 1 is 1.05 bits per heavy atom. The Labute approximate surface area is 118 Å². The van der Waals surface area contributed by atoms with Crippen LogP contribution in [0, 0.1) is 0 Å². The first-order valence-corrected chi connectivity index (χ1v) is 6.80. The van der Waals surface area contributed by atoms with Crippen LogP contribution in [0.4, 0.5) is 5.69 Å². The van der Waals surface area contributed by atoms with Crippen LogP contribution in [0.1, 0.15) is 12.5 Å². The normalized spacial score (nSPS) is 11.2. The van der Waals surface area contributed by atoms with Crippen molar-refractivity contribution >= 4 is 22.8 Å². The van der Waals surface area contributed by atoms with Gasteiger partial charge in [-0.25, -0.2) is 0 Å². The summed E-state index contributed by atoms with van der Waals surface area (Å²) >= 11 is 0. The molecule has 0 saturated carbocycles. The number of hydrazone groups is 1. The number of anilines is 1. The van der Waals surface area contributed by atoms with Crippen LogP contribution in [0.5, 0.6) is 0 Å². The molecule has 1 aromatic heterocycles. The summed E-state index contributed by atoms with van der Waals surface area (Å²) in [4.78, 5) is 0. The minimum Gasteiger partial charge on any atom is -0.347 e. The number of benzene rings is 2. The summed E-state index contributed by atoms with van der Waals surface area (Å²) < 4.78 is 2.24. The van der Waals surface area contributed by atoms with Gasteiger partial charge in [0.1, 0.15) is 0 Å². The molecule has 20 heavy (non-hydrogen) atoms. The maximum Gasteiger partial charge on any atom is 0.0566 e. The van der Waals surface area contributed by atoms with Crippen molar-refractivity contribution in [3.8, 4) is 0 Å². The van der Waals surface area contributed by atoms with Crippen molar-refractivity contribution in [2.45, 2.75) is 13.5 Å². The number of hydrogen-bond acceptors (Lipinski definition) is 2. The lowest BCUT2D eigenvalue weighted by Crippen LogP contribution is -1.91. The number of aromatic nitrogens is 1. The summed E-state index contributed by atoms with van der Waals surface area (Å²) in [5.41, 5.74) is 6.41. The Bertz CT molecular complexity index is 726. The van der Waals surface area contributed by atoms with E-state index in [1.165, 1.54) is 10.9 Å². The zero-order valence-electron chi connectivity index (χ0n) is 11.5. The van der Waals surface area contributed by atoms with Crippen molar-refractivity contribution in [2.75, 3.05) is 5.43 Å². The molecule has 1 heterocycles. The van der Waals surface area contributed by atoms with E-state index in [9.17, 15) is 0 Å². The summed E-state index contributed by atoms with van der Waals surface area (Å²) in [5.74, 6) is 0. The van der Waals surface area contributed by atoms with E-state index < -0.39 is 0 Å². The third kappa shape index (κ3) is 2.43. The molecule has 0 amide bonds. The fourth-order valence-electron chi connectivity index (χ4n) is 2.33. The summed E-state index contributed by atoms with van der Waals surface area (Å²) in [6, 6.07) is 18.3. The molecule has 0 atom stereocenters. The van der Waals surface area contributed by atoms with E-state index in [-0.39, 0.29) is 0 Å². The zero-order valence-corrected chi connectivity index (χ0v) is 11.5. The number of rotatable bonds is 4. The minimum absolute atomic E-state index is 0.959. The topological polar surface area (TPSA) is 29.3 Å². The molecule has 0 bridgehead atoms. The molecule has 3 rings (SSSR count). The molecule has 3 nitrogen and oxygen atoms in total. The highest BCUT2D eigenvalue weighted by molar-refractivity contribution is 5.99. The van der Waals surface area contributed by atoms with Crippen molar-refractivity contribution < 1.29 is 0 Å². The molecule has 100 valence electrons. The average molecular weight is 263 g/mol. The monoisotopic (exact) mass is 263 g/mol. The van der Waals surface area contributed by atoms with Gasteiger partial charge in [0, 0.05) is 29.2 Å². The Kier molecular flexibility index (Phi) is 3.50. The van der Waals surface area contributed by atoms with E-state index in [0.29, 0.717) is 0 Å². The molecule has 2 aromatic carbocycles. The summed E-state index contributed by atoms with van der Waals surface area (Å²) in [6.45, 7) is 3.11. The van der Waals surface area contributed by atoms with Crippen LogP contribution in [0.15, 0.2) is 65.9 Å². The molecule has 0 spiro atoms. The van der Waals surface area contributed by atoms with Gasteiger partial charge in [-0.3, -0.25) is 5.43 Å². The highest BCUT2D eigenvalue weighted by Gasteiger charge is 2.04. The first-order valence-electron chi connectivity index (χ1n) is 6.80. The Morgan fingerprint density at radius 3 is 2.60 bits per heavy atom. The molecule has 0 aliphatic carbocycles. The van der Waals surface area contributed by atoms with Crippen molar-refractivity contribution in [3.05, 3.63) is 66.4 Å². The smallest absolute Gasteiger partial charge is 0.0566 e. The number of nitrogens with zero attached hydrogens (tertiary/aromatic N) is 2. The van der Waals surface area contributed by atoms with Gasteiger partial charge in [0.05, 0.1) is 11.9 Å². The molecule has 1 N–H and O–H groups in total. The van der Waals surface area contributed by atoms with Gasteiger partial charge < -0.3 is 4.57 Å². The van der Waals surface area contributed by atoms with Gasteiger partial charge in [-0.05, 0) is 25.1 Å². The largest absolute Gasteiger partial charge is 0.347 e. The van der Waals surface area contributed by atoms with Gasteiger partial charge >= 0.3 is 0 Å². The van der Waals surface area contributed by atoms with Crippen molar-refractivity contribution in [3.63, 3.8) is 0 Å². The van der Waals surface area contributed by atoms with E-state index in [1.807, 2.05) is 36.5 Å². The molecule has 0 aliphatic heterocycles. The summed E-state index contributed by atoms with van der Waals surface area (Å²) in [7, 11) is 0. The van der Waals surface area contributed by atoms with Crippen molar-refractivity contribution in [1.29, 1.82) is 0 Å². The predicted octanol–water partition coefficient (Wildman–Crippen LogP) is 4.11. The second-order valence-corrected chi connectivity index (χ2v) is 4.62. The standard InChI is InChI=1S/C17H17N3/c1-2-20-13-14(16-10-6-7-11-17(16)20)12-18-19-15-8-4-3-5-9-15/h3-13,19H,2H2,1H3/b18-12+. The van der Waals surface area contributed by atoms with Crippen LogP contribution in [0.25, 0.3) is 10.9 Å². The number of fused-ring (bicyclic) bond motifs is 1. The molecule has 0 unspecified atom stereocenters. The fraction of sp³-hybridized carbons (Fsp3) is 0.118. The molecular formula is C17H17N3. The first-order chi connectivity index (χ1) is 9.88. The summed E-state index contributed by atoms with van der Waals surface area (Å²) in [6.07, 6.45) is 4.02. The van der Waals surface area contributed by atoms with E-state index in [0.717, 1.165) is 17.8 Å². The molecule has 0 aliphatic rings. The van der Waals surface area contributed by atoms with Crippen molar-refractivity contribution in [1.82, 2.24) is 4.57 Å². The van der Waals surface area contributed by atoms with Crippen molar-refractivity contribution in [2.24, 2.45) is 5.10 Å². The number of hydrogen-bond donors (Lipinski definition) is 1. The maximum atomic E-state index is 4.32. The van der Waals surface area contributed by atoms with Crippen LogP contribution >= 0.6 is 0 Å². The van der Waals surface area contributed by atoms with E-state index in [2.05, 4.69) is 52.5 Å². The SMILES string of the molecule is CCn1cc(/C=N/Nc2ccccc2)c2ccccc21. The maximum absolute atomic E-state index is 4.32. The highest BCUT2D eigenvalue weighted by Crippen LogP contribution is 2.19. The van der Waals surface area contributed by atoms with Gasteiger partial charge in [0.2, 0.25) is 0 Å². The van der Waals surface area contributed by atoms with Gasteiger partial charge in [-0.2, -0.15) is 5.10 Å². The van der Waals surface area contributed by atoms with Crippen LogP contribution in [0.2, 0.25) is 0 Å². The number of aryl methyl sites for hydroxylation is 1. The average Bonchev–Trinajstić information content (AvgIpc) is 2.87. The second-order valence-electron chi connectivity index (χ2n) is 4.62. The molecular weight excluding hydrogens is 246 g/mol. The quantitative estimate of drug-likeness (QED) is 0.557. The third-order valence-electron chi connectivity index (χ3n) is 3.33. The van der Waals surface area contributed by atoms with Gasteiger partial charge in [0.15, 0.2) is 0 Å². The molecule has 0 radical (unpaired) electrons. The lowest BCUT2D eigenvalue weighted by Gasteiger charge is -1.98. The second kappa shape index (κ2) is 5.61. The molecule has 0 saturated heterocycles. The predicted molar refractivity (Wildman–Crippen MR) is 85.3 cm³/mol. The lowest BCUT2D eigenvalue weighted by atomic mass is 10.2. The van der Waals surface area contributed by atoms with E-state index >= 15 is 0 Å². The Balaban J connectivity index is 1.87. The Hall–Kier alpha value is -2.55. The Morgan fingerprint density at radius 2 is 1.80 bits per heavy atom. The fourth-order valence-corrected chi connectivity index (χ4v) is 2.33. The van der Waals surface area contributed by atoms with Crippen LogP contribution in [0.3, 0.4) is 0 Å². The minimum atomic E-state index is 0.959. The zero-order chi connectivity index (χ0) is 13.8. The van der Waals surface area contributed by atoms with Crippen LogP contribution in [-0.4, -0.2) is 10.8 Å². The van der Waals surface area contributed by atoms with E-state index in [1.54, 1.807) is 0 Å². The van der Waals surface area contributed by atoms with Gasteiger partial charge in [0.25, 0.3) is 0 Å². The highest BCUT2D eigenvalue weighted by atomic mass is 15.3. The van der Waals surface area contributed by atoms with E-state index in [4.69, 9.17) is 0 Å². The lowest BCUT2D eigenvalue weighted by molar-refractivity contribution is 0.797. The molecule has 0 fully saturated rings. The third-order valence-corrected chi connectivity index (χ3v) is 3.33. The summed E-state index contributed by atoms with van der Waals surface area (Å²) in [5, 5.41) is 5.55. The molecule has 3 heteroatoms. The van der Waals surface area contributed by atoms with Crippen LogP contribution < -0.4 is 5.43 Å². The first kappa shape index (κ1) is 12.5. The number of nitrogens with one attached hydrogen (secondary N) is 1. The van der Waals surface area contributed by atoms with Crippen LogP contribution in [-0.2, 0) is 6.54 Å². The van der Waals surface area contributed by atoms with Gasteiger partial charge in [-0.15, -0.1) is 0 Å². The van der Waals surface area contributed by atoms with Gasteiger partial charge in [-0.1, -0.05) is 36.4 Å². The molecule has 3 aromatic rings.